The lowest BCUT2D eigenvalue weighted by atomic mass is 10.1. The van der Waals surface area contributed by atoms with Crippen molar-refractivity contribution in [2.45, 2.75) is 46.0 Å². The lowest BCUT2D eigenvalue weighted by Gasteiger charge is -2.20. The van der Waals surface area contributed by atoms with Gasteiger partial charge in [0, 0.05) is 30.8 Å². The highest BCUT2D eigenvalue weighted by atomic mass is 16.4. The highest BCUT2D eigenvalue weighted by Crippen LogP contribution is 2.26. The molecule has 5 nitrogen and oxygen atoms in total. The van der Waals surface area contributed by atoms with E-state index in [2.05, 4.69) is 42.6 Å². The Hall–Kier alpha value is -1.65. The number of anilines is 1. The first-order chi connectivity index (χ1) is 9.38. The molecular weight excluding hydrogens is 254 g/mol. The molecule has 1 aliphatic rings. The van der Waals surface area contributed by atoms with E-state index in [0.717, 1.165) is 23.9 Å². The van der Waals surface area contributed by atoms with Crippen molar-refractivity contribution < 1.29 is 9.90 Å². The zero-order valence-corrected chi connectivity index (χ0v) is 12.6. The maximum Gasteiger partial charge on any atom is 0.308 e. The average molecular weight is 277 g/mol. The third-order valence-corrected chi connectivity index (χ3v) is 3.72. The Balaban J connectivity index is 2.29. The number of aromatic nitrogens is 2. The smallest absolute Gasteiger partial charge is 0.308 e. The number of nitrogens with zero attached hydrogens (tertiary/aromatic N) is 3. The lowest BCUT2D eigenvalue weighted by molar-refractivity contribution is -0.140. The zero-order chi connectivity index (χ0) is 14.9. The van der Waals surface area contributed by atoms with Gasteiger partial charge >= 0.3 is 5.97 Å². The van der Waals surface area contributed by atoms with E-state index in [-0.39, 0.29) is 11.8 Å². The van der Waals surface area contributed by atoms with Crippen molar-refractivity contribution in [3.63, 3.8) is 0 Å². The number of hydrogen-bond acceptors (Lipinski definition) is 4. The minimum Gasteiger partial charge on any atom is -0.481 e. The molecule has 1 aromatic rings. The molecule has 20 heavy (non-hydrogen) atoms. The van der Waals surface area contributed by atoms with Crippen LogP contribution < -0.4 is 4.90 Å². The third-order valence-electron chi connectivity index (χ3n) is 3.72. The molecule has 2 rings (SSSR count). The van der Waals surface area contributed by atoms with Crippen LogP contribution in [0.2, 0.25) is 0 Å². The highest BCUT2D eigenvalue weighted by molar-refractivity contribution is 5.71. The van der Waals surface area contributed by atoms with E-state index >= 15 is 0 Å². The standard InChI is InChI=1S/C15H23N3O2/c1-9(2)12-7-13(17-14(16-12)10(3)4)18-6-5-11(8-18)15(19)20/h7,9-11H,5-6,8H2,1-4H3,(H,19,20). The summed E-state index contributed by atoms with van der Waals surface area (Å²) in [6.45, 7) is 9.67. The fraction of sp³-hybridized carbons (Fsp3) is 0.667. The fourth-order valence-electron chi connectivity index (χ4n) is 2.36. The number of rotatable bonds is 4. The Morgan fingerprint density at radius 2 is 2.00 bits per heavy atom. The molecule has 110 valence electrons. The first-order valence-corrected chi connectivity index (χ1v) is 7.25. The Labute approximate surface area is 120 Å². The van der Waals surface area contributed by atoms with Crippen LogP contribution in [0, 0.1) is 5.92 Å². The molecular formula is C15H23N3O2. The van der Waals surface area contributed by atoms with Crippen LogP contribution in [0.3, 0.4) is 0 Å². The van der Waals surface area contributed by atoms with Crippen LogP contribution in [-0.4, -0.2) is 34.1 Å². The molecule has 1 unspecified atom stereocenters. The van der Waals surface area contributed by atoms with Gasteiger partial charge in [0.05, 0.1) is 5.92 Å². The van der Waals surface area contributed by atoms with Crippen molar-refractivity contribution in [2.24, 2.45) is 5.92 Å². The number of carbonyl (C=O) groups is 1. The second-order valence-electron chi connectivity index (χ2n) is 6.09. The normalized spacial score (nSPS) is 19.1. The molecule has 0 saturated carbocycles. The summed E-state index contributed by atoms with van der Waals surface area (Å²) < 4.78 is 0. The van der Waals surface area contributed by atoms with Crippen LogP contribution in [0.5, 0.6) is 0 Å². The molecule has 0 bridgehead atoms. The van der Waals surface area contributed by atoms with Crippen molar-refractivity contribution in [3.8, 4) is 0 Å². The minimum absolute atomic E-state index is 0.269. The molecule has 0 amide bonds. The van der Waals surface area contributed by atoms with E-state index in [9.17, 15) is 4.79 Å². The van der Waals surface area contributed by atoms with Gasteiger partial charge in [0.15, 0.2) is 0 Å². The highest BCUT2D eigenvalue weighted by Gasteiger charge is 2.29. The topological polar surface area (TPSA) is 66.3 Å². The summed E-state index contributed by atoms with van der Waals surface area (Å²) in [6.07, 6.45) is 0.688. The second kappa shape index (κ2) is 5.77. The van der Waals surface area contributed by atoms with Crippen molar-refractivity contribution in [2.75, 3.05) is 18.0 Å². The summed E-state index contributed by atoms with van der Waals surface area (Å²) in [6, 6.07) is 2.00. The quantitative estimate of drug-likeness (QED) is 0.916. The van der Waals surface area contributed by atoms with Gasteiger partial charge in [0.1, 0.15) is 11.6 Å². The van der Waals surface area contributed by atoms with Crippen LogP contribution in [-0.2, 0) is 4.79 Å². The Bertz CT molecular complexity index is 474. The molecule has 1 saturated heterocycles. The maximum atomic E-state index is 11.1. The molecule has 2 heterocycles. The first kappa shape index (κ1) is 14.8. The minimum atomic E-state index is -0.713. The van der Waals surface area contributed by atoms with E-state index in [4.69, 9.17) is 5.11 Å². The van der Waals surface area contributed by atoms with Crippen molar-refractivity contribution in [1.29, 1.82) is 0 Å². The van der Waals surface area contributed by atoms with E-state index in [0.29, 0.717) is 18.9 Å². The Morgan fingerprint density at radius 1 is 1.30 bits per heavy atom. The van der Waals surface area contributed by atoms with Gasteiger partial charge in [-0.25, -0.2) is 9.97 Å². The first-order valence-electron chi connectivity index (χ1n) is 7.25. The summed E-state index contributed by atoms with van der Waals surface area (Å²) in [5.74, 6) is 1.32. The monoisotopic (exact) mass is 277 g/mol. The van der Waals surface area contributed by atoms with Crippen molar-refractivity contribution >= 4 is 11.8 Å². The van der Waals surface area contributed by atoms with Crippen LogP contribution in [0.25, 0.3) is 0 Å². The summed E-state index contributed by atoms with van der Waals surface area (Å²) in [5.41, 5.74) is 1.03. The van der Waals surface area contributed by atoms with Crippen LogP contribution in [0.4, 0.5) is 5.82 Å². The zero-order valence-electron chi connectivity index (χ0n) is 12.6. The molecule has 1 aromatic heterocycles. The predicted octanol–water partition coefficient (Wildman–Crippen LogP) is 2.63. The summed E-state index contributed by atoms with van der Waals surface area (Å²) in [7, 11) is 0. The molecule has 0 aromatic carbocycles. The van der Waals surface area contributed by atoms with E-state index in [1.54, 1.807) is 0 Å². The summed E-state index contributed by atoms with van der Waals surface area (Å²) >= 11 is 0. The predicted molar refractivity (Wildman–Crippen MR) is 78.2 cm³/mol. The average Bonchev–Trinajstić information content (AvgIpc) is 2.87. The van der Waals surface area contributed by atoms with E-state index in [1.165, 1.54) is 0 Å². The number of hydrogen-bond donors (Lipinski definition) is 1. The molecule has 5 heteroatoms. The summed E-state index contributed by atoms with van der Waals surface area (Å²) in [4.78, 5) is 22.4. The van der Waals surface area contributed by atoms with Gasteiger partial charge in [-0.05, 0) is 12.3 Å². The van der Waals surface area contributed by atoms with Gasteiger partial charge in [-0.3, -0.25) is 4.79 Å². The van der Waals surface area contributed by atoms with Gasteiger partial charge in [0.25, 0.3) is 0 Å². The largest absolute Gasteiger partial charge is 0.481 e. The summed E-state index contributed by atoms with van der Waals surface area (Å²) in [5, 5.41) is 9.10. The van der Waals surface area contributed by atoms with Gasteiger partial charge in [-0.2, -0.15) is 0 Å². The van der Waals surface area contributed by atoms with Crippen LogP contribution in [0.15, 0.2) is 6.07 Å². The lowest BCUT2D eigenvalue weighted by Crippen LogP contribution is -2.24. The van der Waals surface area contributed by atoms with E-state index in [1.807, 2.05) is 6.07 Å². The molecule has 1 fully saturated rings. The van der Waals surface area contributed by atoms with Crippen LogP contribution >= 0.6 is 0 Å². The van der Waals surface area contributed by atoms with Gasteiger partial charge in [-0.1, -0.05) is 27.7 Å². The molecule has 0 radical (unpaired) electrons. The molecule has 1 atom stereocenters. The third kappa shape index (κ3) is 3.08. The molecule has 1 N–H and O–H groups in total. The van der Waals surface area contributed by atoms with Crippen molar-refractivity contribution in [3.05, 3.63) is 17.6 Å². The molecule has 0 spiro atoms. The van der Waals surface area contributed by atoms with E-state index < -0.39 is 5.97 Å². The number of aliphatic carboxylic acids is 1. The number of carboxylic acids is 1. The fourth-order valence-corrected chi connectivity index (χ4v) is 2.36. The SMILES string of the molecule is CC(C)c1cc(N2CCC(C(=O)O)C2)nc(C(C)C)n1. The molecule has 0 aliphatic carbocycles. The van der Waals surface area contributed by atoms with Crippen molar-refractivity contribution in [1.82, 2.24) is 9.97 Å². The van der Waals surface area contributed by atoms with Gasteiger partial charge in [0.2, 0.25) is 0 Å². The van der Waals surface area contributed by atoms with Crippen LogP contribution in [0.1, 0.15) is 57.5 Å². The number of carboxylic acid groups (broad SMARTS) is 1. The Kier molecular flexibility index (Phi) is 4.26. The Morgan fingerprint density at radius 3 is 2.50 bits per heavy atom. The van der Waals surface area contributed by atoms with Gasteiger partial charge in [-0.15, -0.1) is 0 Å². The maximum absolute atomic E-state index is 11.1. The van der Waals surface area contributed by atoms with Gasteiger partial charge < -0.3 is 10.0 Å². The second-order valence-corrected chi connectivity index (χ2v) is 6.09. The molecule has 1 aliphatic heterocycles.